The first-order chi connectivity index (χ1) is 10.6. The lowest BCUT2D eigenvalue weighted by atomic mass is 10.1. The van der Waals surface area contributed by atoms with Crippen LogP contribution in [0.5, 0.6) is 5.75 Å². The van der Waals surface area contributed by atoms with E-state index in [0.717, 1.165) is 29.4 Å². The van der Waals surface area contributed by atoms with Gasteiger partial charge in [0.05, 0.1) is 12.1 Å². The van der Waals surface area contributed by atoms with Gasteiger partial charge in [-0.25, -0.2) is 4.98 Å². The van der Waals surface area contributed by atoms with E-state index < -0.39 is 0 Å². The summed E-state index contributed by atoms with van der Waals surface area (Å²) >= 11 is 1.52. The number of benzene rings is 1. The number of ether oxygens (including phenoxy) is 1. The van der Waals surface area contributed by atoms with E-state index in [1.54, 1.807) is 0 Å². The molecule has 0 saturated heterocycles. The Morgan fingerprint density at radius 1 is 1.32 bits per heavy atom. The van der Waals surface area contributed by atoms with Crippen molar-refractivity contribution in [1.29, 1.82) is 0 Å². The average Bonchev–Trinajstić information content (AvgIpc) is 2.93. The summed E-state index contributed by atoms with van der Waals surface area (Å²) in [5.74, 6) is 1.45. The van der Waals surface area contributed by atoms with Crippen LogP contribution >= 0.6 is 11.3 Å². The van der Waals surface area contributed by atoms with E-state index in [2.05, 4.69) is 24.1 Å². The van der Waals surface area contributed by atoms with Crippen LogP contribution < -0.4 is 10.1 Å². The Morgan fingerprint density at radius 3 is 2.82 bits per heavy atom. The quantitative estimate of drug-likeness (QED) is 0.811. The van der Waals surface area contributed by atoms with E-state index in [1.807, 2.05) is 35.7 Å². The summed E-state index contributed by atoms with van der Waals surface area (Å²) in [6.07, 6.45) is 1.33. The summed E-state index contributed by atoms with van der Waals surface area (Å²) in [5.41, 5.74) is 0.804. The Hall–Kier alpha value is -1.88. The number of hydrogen-bond acceptors (Lipinski definition) is 4. The van der Waals surface area contributed by atoms with Gasteiger partial charge in [0, 0.05) is 11.9 Å². The summed E-state index contributed by atoms with van der Waals surface area (Å²) < 4.78 is 5.65. The molecule has 1 heterocycles. The molecule has 0 fully saturated rings. The van der Waals surface area contributed by atoms with Crippen LogP contribution in [0.25, 0.3) is 0 Å². The lowest BCUT2D eigenvalue weighted by Gasteiger charge is -2.06. The highest BCUT2D eigenvalue weighted by molar-refractivity contribution is 7.09. The lowest BCUT2D eigenvalue weighted by molar-refractivity contribution is -0.120. The summed E-state index contributed by atoms with van der Waals surface area (Å²) in [6, 6.07) is 9.65. The molecule has 0 aliphatic rings. The molecule has 2 aromatic rings. The minimum absolute atomic E-state index is 0.0291. The molecule has 5 heteroatoms. The lowest BCUT2D eigenvalue weighted by Crippen LogP contribution is -2.27. The molecule has 0 aliphatic heterocycles. The van der Waals surface area contributed by atoms with Gasteiger partial charge in [0.25, 0.3) is 0 Å². The van der Waals surface area contributed by atoms with E-state index in [-0.39, 0.29) is 5.91 Å². The molecule has 0 radical (unpaired) electrons. The van der Waals surface area contributed by atoms with Crippen molar-refractivity contribution in [3.63, 3.8) is 0 Å². The second-order valence-corrected chi connectivity index (χ2v) is 6.49. The van der Waals surface area contributed by atoms with Crippen LogP contribution in [0.2, 0.25) is 0 Å². The standard InChI is InChI=1S/C17H22N2O2S/c1-13(2)8-9-18-16(20)10-14-12-22-17(19-14)11-21-15-6-4-3-5-7-15/h3-7,12-13H,8-11H2,1-2H3,(H,18,20). The number of carbonyl (C=O) groups excluding carboxylic acids is 1. The number of carbonyl (C=O) groups is 1. The van der Waals surface area contributed by atoms with E-state index in [9.17, 15) is 4.79 Å². The predicted molar refractivity (Wildman–Crippen MR) is 89.1 cm³/mol. The summed E-state index contributed by atoms with van der Waals surface area (Å²) in [7, 11) is 0. The highest BCUT2D eigenvalue weighted by atomic mass is 32.1. The Labute approximate surface area is 135 Å². The Kier molecular flexibility index (Phi) is 6.40. The topological polar surface area (TPSA) is 51.2 Å². The molecule has 1 aromatic heterocycles. The van der Waals surface area contributed by atoms with Crippen molar-refractivity contribution < 1.29 is 9.53 Å². The normalized spacial score (nSPS) is 10.7. The monoisotopic (exact) mass is 318 g/mol. The Morgan fingerprint density at radius 2 is 2.09 bits per heavy atom. The summed E-state index contributed by atoms with van der Waals surface area (Å²) in [6.45, 7) is 5.45. The molecule has 1 aromatic carbocycles. The highest BCUT2D eigenvalue weighted by Gasteiger charge is 2.08. The van der Waals surface area contributed by atoms with Crippen molar-refractivity contribution in [2.45, 2.75) is 33.3 Å². The molecule has 4 nitrogen and oxygen atoms in total. The zero-order chi connectivity index (χ0) is 15.8. The number of aromatic nitrogens is 1. The molecule has 0 atom stereocenters. The third kappa shape index (κ3) is 5.85. The van der Waals surface area contributed by atoms with Crippen LogP contribution in [-0.2, 0) is 17.8 Å². The van der Waals surface area contributed by atoms with Gasteiger partial charge in [0.15, 0.2) is 0 Å². The highest BCUT2D eigenvalue weighted by Crippen LogP contribution is 2.15. The maximum atomic E-state index is 11.8. The maximum absolute atomic E-state index is 11.8. The molecule has 0 aliphatic carbocycles. The number of para-hydroxylation sites is 1. The molecular formula is C17H22N2O2S. The zero-order valence-electron chi connectivity index (χ0n) is 13.0. The van der Waals surface area contributed by atoms with Crippen molar-refractivity contribution in [3.05, 3.63) is 46.4 Å². The van der Waals surface area contributed by atoms with Crippen molar-refractivity contribution >= 4 is 17.2 Å². The van der Waals surface area contributed by atoms with Crippen LogP contribution in [0, 0.1) is 5.92 Å². The van der Waals surface area contributed by atoms with E-state index in [1.165, 1.54) is 11.3 Å². The molecule has 0 saturated carbocycles. The van der Waals surface area contributed by atoms with Gasteiger partial charge in [-0.2, -0.15) is 0 Å². The van der Waals surface area contributed by atoms with E-state index >= 15 is 0 Å². The van der Waals surface area contributed by atoms with Gasteiger partial charge in [-0.15, -0.1) is 11.3 Å². The molecule has 0 bridgehead atoms. The number of amides is 1. The first-order valence-electron chi connectivity index (χ1n) is 7.51. The minimum Gasteiger partial charge on any atom is -0.486 e. The summed E-state index contributed by atoms with van der Waals surface area (Å²) in [5, 5.41) is 5.73. The van der Waals surface area contributed by atoms with Gasteiger partial charge in [-0.3, -0.25) is 4.79 Å². The number of nitrogens with zero attached hydrogens (tertiary/aromatic N) is 1. The number of rotatable bonds is 8. The SMILES string of the molecule is CC(C)CCNC(=O)Cc1csc(COc2ccccc2)n1. The van der Waals surface area contributed by atoms with Crippen LogP contribution in [0.1, 0.15) is 31.0 Å². The minimum atomic E-state index is 0.0291. The molecule has 22 heavy (non-hydrogen) atoms. The molecule has 0 spiro atoms. The molecule has 118 valence electrons. The molecule has 1 amide bonds. The first kappa shape index (κ1) is 16.5. The maximum Gasteiger partial charge on any atom is 0.226 e. The third-order valence-electron chi connectivity index (χ3n) is 3.09. The van der Waals surface area contributed by atoms with Crippen LogP contribution in [0.3, 0.4) is 0 Å². The van der Waals surface area contributed by atoms with Crippen LogP contribution in [0.4, 0.5) is 0 Å². The van der Waals surface area contributed by atoms with Crippen molar-refractivity contribution in [2.75, 3.05) is 6.54 Å². The van der Waals surface area contributed by atoms with Crippen molar-refractivity contribution in [1.82, 2.24) is 10.3 Å². The van der Waals surface area contributed by atoms with Crippen LogP contribution in [-0.4, -0.2) is 17.4 Å². The van der Waals surface area contributed by atoms with Gasteiger partial charge < -0.3 is 10.1 Å². The zero-order valence-corrected chi connectivity index (χ0v) is 13.9. The smallest absolute Gasteiger partial charge is 0.226 e. The predicted octanol–water partition coefficient (Wildman–Crippen LogP) is 3.43. The third-order valence-corrected chi connectivity index (χ3v) is 3.96. The molecule has 1 N–H and O–H groups in total. The second kappa shape index (κ2) is 8.54. The number of nitrogens with one attached hydrogen (secondary N) is 1. The van der Waals surface area contributed by atoms with Gasteiger partial charge >= 0.3 is 0 Å². The van der Waals surface area contributed by atoms with Crippen molar-refractivity contribution in [3.8, 4) is 5.75 Å². The molecule has 2 rings (SSSR count). The van der Waals surface area contributed by atoms with Gasteiger partial charge in [0.1, 0.15) is 17.4 Å². The fraction of sp³-hybridized carbons (Fsp3) is 0.412. The number of thiazole rings is 1. The fourth-order valence-corrected chi connectivity index (χ4v) is 2.59. The Bertz CT molecular complexity index is 581. The largest absolute Gasteiger partial charge is 0.486 e. The van der Waals surface area contributed by atoms with E-state index in [0.29, 0.717) is 18.9 Å². The Balaban J connectivity index is 1.75. The first-order valence-corrected chi connectivity index (χ1v) is 8.39. The fourth-order valence-electron chi connectivity index (χ4n) is 1.89. The van der Waals surface area contributed by atoms with Gasteiger partial charge in [-0.1, -0.05) is 32.0 Å². The van der Waals surface area contributed by atoms with Gasteiger partial charge in [-0.05, 0) is 24.5 Å². The molecular weight excluding hydrogens is 296 g/mol. The van der Waals surface area contributed by atoms with Crippen LogP contribution in [0.15, 0.2) is 35.7 Å². The summed E-state index contributed by atoms with van der Waals surface area (Å²) in [4.78, 5) is 16.2. The van der Waals surface area contributed by atoms with Crippen molar-refractivity contribution in [2.24, 2.45) is 5.92 Å². The second-order valence-electron chi connectivity index (χ2n) is 5.54. The van der Waals surface area contributed by atoms with Gasteiger partial charge in [0.2, 0.25) is 5.91 Å². The van der Waals surface area contributed by atoms with E-state index in [4.69, 9.17) is 4.74 Å². The number of hydrogen-bond donors (Lipinski definition) is 1. The average molecular weight is 318 g/mol. The molecule has 0 unspecified atom stereocenters.